The van der Waals surface area contributed by atoms with Gasteiger partial charge in [0, 0.05) is 63.6 Å². The van der Waals surface area contributed by atoms with Gasteiger partial charge in [0.25, 0.3) is 0 Å². The molecular weight excluding hydrogens is 737 g/mol. The Labute approximate surface area is 351 Å². The molecule has 2 unspecified atom stereocenters. The maximum absolute atomic E-state index is 13.6. The van der Waals surface area contributed by atoms with Crippen molar-refractivity contribution < 1.29 is 24.2 Å². The zero-order chi connectivity index (χ0) is 42.7. The fourth-order valence-corrected chi connectivity index (χ4v) is 9.92. The molecule has 8 bridgehead atoms. The van der Waals surface area contributed by atoms with Crippen LogP contribution in [0.4, 0.5) is 0 Å². The van der Waals surface area contributed by atoms with Crippen LogP contribution >= 0.6 is 0 Å². The van der Waals surface area contributed by atoms with Gasteiger partial charge in [-0.1, -0.05) is 50.5 Å². The molecule has 3 aliphatic heterocycles. The lowest BCUT2D eigenvalue weighted by Crippen LogP contribution is -2.38. The van der Waals surface area contributed by atoms with Gasteiger partial charge in [0.2, 0.25) is 0 Å². The highest BCUT2D eigenvalue weighted by Crippen LogP contribution is 2.43. The zero-order valence-corrected chi connectivity index (χ0v) is 37.2. The third kappa shape index (κ3) is 9.00. The predicted molar refractivity (Wildman–Crippen MR) is 240 cm³/mol. The van der Waals surface area contributed by atoms with Gasteiger partial charge in [-0.25, -0.2) is 0 Å². The number of fused-ring (bicyclic) bond motifs is 8. The first-order chi connectivity index (χ1) is 28.2. The predicted octanol–water partition coefficient (Wildman–Crippen LogP) is 9.11. The van der Waals surface area contributed by atoms with E-state index in [4.69, 9.17) is 9.47 Å². The van der Waals surface area contributed by atoms with Crippen LogP contribution in [-0.4, -0.2) is 46.8 Å². The van der Waals surface area contributed by atoms with E-state index in [1.165, 1.54) is 40.7 Å². The third-order valence-corrected chi connectivity index (χ3v) is 13.6. The Hall–Kier alpha value is -4.92. The van der Waals surface area contributed by atoms with Crippen LogP contribution in [0.2, 0.25) is 0 Å². The highest BCUT2D eigenvalue weighted by molar-refractivity contribution is 5.95. The summed E-state index contributed by atoms with van der Waals surface area (Å²) in [6.07, 6.45) is 18.8. The number of rotatable bonds is 15. The molecule has 5 heterocycles. The largest absolute Gasteiger partial charge is 0.510 e. The lowest BCUT2D eigenvalue weighted by atomic mass is 9.80. The topological polar surface area (TPSA) is 128 Å². The Kier molecular flexibility index (Phi) is 13.7. The summed E-state index contributed by atoms with van der Waals surface area (Å²) in [6, 6.07) is -0.373. The molecule has 0 radical (unpaired) electrons. The number of carbonyl (C=O) groups is 2. The van der Waals surface area contributed by atoms with E-state index in [0.717, 1.165) is 89.9 Å². The van der Waals surface area contributed by atoms with Crippen molar-refractivity contribution in [1.29, 1.82) is 0 Å². The van der Waals surface area contributed by atoms with Crippen LogP contribution in [-0.2, 0) is 25.5 Å². The van der Waals surface area contributed by atoms with Gasteiger partial charge in [-0.15, -0.1) is 6.58 Å². The molecule has 0 spiro atoms. The minimum atomic E-state index is -0.977. The smallest absolute Gasteiger partial charge is 0.320 e. The Balaban J connectivity index is 1.32. The van der Waals surface area contributed by atoms with E-state index in [1.807, 2.05) is 13.0 Å². The van der Waals surface area contributed by atoms with Crippen LogP contribution in [0.3, 0.4) is 0 Å². The standard InChI is InChI=1S/C50H68N4O5/c1-12-34-30(7)37-24-39-32(9)36(20-21-43(55)59-23-22-29(6)19-15-18-28(5)17-14-16-27(3)4)47(53-39)45-46(50(57)58-11)49(56)44-33(10)40(54-48(44)45)26-42-35(13-2)31(8)38(52-42)25-41(34)51-37/h18,22,24-26,31-32,35-36,46-47,51-54,56H,3,12-17,19-21,23H2,1-2,4-11H3/b28-18+,29-22+,38-25-,39-24-,42-26-/t31-,32+,35?,36+,46-,47?/m1/s1. The van der Waals surface area contributed by atoms with E-state index >= 15 is 0 Å². The third-order valence-electron chi connectivity index (χ3n) is 13.6. The summed E-state index contributed by atoms with van der Waals surface area (Å²) in [4.78, 5) is 34.5. The van der Waals surface area contributed by atoms with E-state index in [9.17, 15) is 14.7 Å². The maximum Gasteiger partial charge on any atom is 0.320 e. The fraction of sp³-hybridized carbons (Fsp3) is 0.520. The molecule has 6 rings (SSSR count). The second-order valence-corrected chi connectivity index (χ2v) is 17.6. The molecule has 6 atom stereocenters. The SMILES string of the molecule is C=C(C)CCC/C(C)=C/CC/C(C)=C/COC(=O)CC[C@@H]1C2N/C(=C\c3[nH]c(c(CC)c3C)/C=C3\N/C(=C\c4[nH]c5c(c4C)=C(O)[C@H](C(=O)OC)C=52)C(CC)[C@H]3C)[C@H]1C. The van der Waals surface area contributed by atoms with E-state index in [1.54, 1.807) is 0 Å². The number of hydrogen-bond donors (Lipinski definition) is 5. The Bertz CT molecular complexity index is 2260. The van der Waals surface area contributed by atoms with Gasteiger partial charge in [0.1, 0.15) is 18.3 Å². The van der Waals surface area contributed by atoms with Crippen molar-refractivity contribution in [1.82, 2.24) is 20.6 Å². The van der Waals surface area contributed by atoms with E-state index < -0.39 is 11.9 Å². The van der Waals surface area contributed by atoms with Crippen LogP contribution in [0.1, 0.15) is 134 Å². The van der Waals surface area contributed by atoms with Gasteiger partial charge in [-0.3, -0.25) is 9.59 Å². The Morgan fingerprint density at radius 1 is 0.864 bits per heavy atom. The van der Waals surface area contributed by atoms with Crippen LogP contribution in [0.25, 0.3) is 29.6 Å². The highest BCUT2D eigenvalue weighted by atomic mass is 16.5. The number of carbonyl (C=O) groups excluding carboxylic acids is 2. The molecule has 2 aromatic heterocycles. The van der Waals surface area contributed by atoms with E-state index in [0.29, 0.717) is 11.6 Å². The monoisotopic (exact) mass is 805 g/mol. The molecule has 1 aliphatic carbocycles. The average molecular weight is 805 g/mol. The molecule has 318 valence electrons. The number of esters is 2. The molecule has 2 aromatic rings. The van der Waals surface area contributed by atoms with Gasteiger partial charge in [0.05, 0.1) is 18.5 Å². The van der Waals surface area contributed by atoms with Gasteiger partial charge in [-0.05, 0) is 138 Å². The van der Waals surface area contributed by atoms with Crippen molar-refractivity contribution in [2.24, 2.45) is 29.6 Å². The second-order valence-electron chi connectivity index (χ2n) is 17.6. The normalized spacial score (nSPS) is 26.4. The summed E-state index contributed by atoms with van der Waals surface area (Å²) in [5, 5.41) is 20.9. The number of aromatic amines is 2. The Morgan fingerprint density at radius 3 is 2.25 bits per heavy atom. The first kappa shape index (κ1) is 43.7. The van der Waals surface area contributed by atoms with Crippen LogP contribution in [0.15, 0.2) is 52.5 Å². The number of aromatic nitrogens is 2. The molecule has 0 aromatic carbocycles. The second kappa shape index (κ2) is 18.6. The number of H-pyrrole nitrogens is 2. The fourth-order valence-electron chi connectivity index (χ4n) is 9.92. The molecule has 9 heteroatoms. The van der Waals surface area contributed by atoms with E-state index in [2.05, 4.69) is 107 Å². The van der Waals surface area contributed by atoms with Crippen LogP contribution < -0.4 is 21.2 Å². The zero-order valence-electron chi connectivity index (χ0n) is 37.2. The summed E-state index contributed by atoms with van der Waals surface area (Å²) in [6.45, 7) is 23.7. The van der Waals surface area contributed by atoms with Gasteiger partial charge < -0.3 is 35.2 Å². The number of aliphatic hydroxyl groups is 1. The summed E-state index contributed by atoms with van der Waals surface area (Å²) in [5.74, 6) is -1.27. The van der Waals surface area contributed by atoms with Gasteiger partial charge in [0.15, 0.2) is 0 Å². The molecular formula is C50H68N4O5. The maximum atomic E-state index is 13.6. The number of allylic oxidation sites excluding steroid dienone is 7. The molecule has 2 fully saturated rings. The lowest BCUT2D eigenvalue weighted by Gasteiger charge is -2.26. The highest BCUT2D eigenvalue weighted by Gasteiger charge is 2.47. The first-order valence-corrected chi connectivity index (χ1v) is 21.9. The van der Waals surface area contributed by atoms with Crippen molar-refractivity contribution in [2.45, 2.75) is 126 Å². The van der Waals surface area contributed by atoms with Gasteiger partial charge >= 0.3 is 11.9 Å². The number of ether oxygens (including phenoxy) is 2. The summed E-state index contributed by atoms with van der Waals surface area (Å²) < 4.78 is 11.1. The van der Waals surface area contributed by atoms with Gasteiger partial charge in [-0.2, -0.15) is 0 Å². The molecule has 2 saturated heterocycles. The number of aliphatic hydroxyl groups excluding tert-OH is 1. The van der Waals surface area contributed by atoms with Crippen molar-refractivity contribution in [3.05, 3.63) is 96.9 Å². The quantitative estimate of drug-likeness (QED) is 0.0898. The van der Waals surface area contributed by atoms with Crippen molar-refractivity contribution in [3.8, 4) is 0 Å². The summed E-state index contributed by atoms with van der Waals surface area (Å²) in [7, 11) is 1.37. The molecule has 9 nitrogen and oxygen atoms in total. The van der Waals surface area contributed by atoms with Crippen molar-refractivity contribution in [3.63, 3.8) is 0 Å². The average Bonchev–Trinajstić information content (AvgIpc) is 3.94. The van der Waals surface area contributed by atoms with Crippen LogP contribution in [0.5, 0.6) is 0 Å². The number of methoxy groups -OCH3 is 1. The summed E-state index contributed by atoms with van der Waals surface area (Å²) in [5.41, 5.74) is 14.3. The first-order valence-electron chi connectivity index (χ1n) is 21.9. The summed E-state index contributed by atoms with van der Waals surface area (Å²) >= 11 is 0. The van der Waals surface area contributed by atoms with Crippen molar-refractivity contribution >= 4 is 41.5 Å². The molecule has 5 N–H and O–H groups in total. The number of nitrogens with one attached hydrogen (secondary N) is 4. The van der Waals surface area contributed by atoms with Crippen LogP contribution in [0, 0.1) is 43.4 Å². The lowest BCUT2D eigenvalue weighted by molar-refractivity contribution is -0.143. The molecule has 59 heavy (non-hydrogen) atoms. The Morgan fingerprint density at radius 2 is 1.56 bits per heavy atom. The minimum Gasteiger partial charge on any atom is -0.510 e. The minimum absolute atomic E-state index is 0.000174. The molecule has 0 amide bonds. The van der Waals surface area contributed by atoms with Crippen molar-refractivity contribution in [2.75, 3.05) is 13.7 Å². The number of hydrogen-bond acceptors (Lipinski definition) is 7. The molecule has 0 saturated carbocycles. The molecule has 4 aliphatic rings. The van der Waals surface area contributed by atoms with E-state index in [-0.39, 0.29) is 54.5 Å².